The molecular formula is C15H25NO4. The first-order valence-electron chi connectivity index (χ1n) is 7.52. The van der Waals surface area contributed by atoms with E-state index in [9.17, 15) is 14.7 Å². The fraction of sp³-hybridized carbons (Fsp3) is 0.867. The van der Waals surface area contributed by atoms with Gasteiger partial charge in [0.05, 0.1) is 0 Å². The number of ether oxygens (including phenoxy) is 1. The maximum absolute atomic E-state index is 12.5. The highest BCUT2D eigenvalue weighted by atomic mass is 16.6. The molecule has 0 saturated heterocycles. The van der Waals surface area contributed by atoms with Crippen molar-refractivity contribution in [3.05, 3.63) is 0 Å². The van der Waals surface area contributed by atoms with E-state index in [1.165, 1.54) is 6.42 Å². The molecule has 0 radical (unpaired) electrons. The Balaban J connectivity index is 2.20. The molecule has 0 heterocycles. The second-order valence-corrected chi connectivity index (χ2v) is 6.98. The van der Waals surface area contributed by atoms with Crippen molar-refractivity contribution in [3.63, 3.8) is 0 Å². The number of carboxylic acids is 1. The number of carbonyl (C=O) groups is 2. The van der Waals surface area contributed by atoms with Crippen LogP contribution in [-0.4, -0.2) is 39.3 Å². The van der Waals surface area contributed by atoms with E-state index >= 15 is 0 Å². The van der Waals surface area contributed by atoms with Crippen molar-refractivity contribution >= 4 is 12.1 Å². The summed E-state index contributed by atoms with van der Waals surface area (Å²) in [6.07, 6.45) is 5.65. The second-order valence-electron chi connectivity index (χ2n) is 6.98. The van der Waals surface area contributed by atoms with Crippen molar-refractivity contribution < 1.29 is 19.4 Å². The van der Waals surface area contributed by atoms with E-state index < -0.39 is 23.2 Å². The molecule has 0 bridgehead atoms. The average Bonchev–Trinajstić information content (AvgIpc) is 3.09. The maximum Gasteiger partial charge on any atom is 0.411 e. The van der Waals surface area contributed by atoms with E-state index in [1.807, 2.05) is 20.8 Å². The first-order valence-corrected chi connectivity index (χ1v) is 7.52. The van der Waals surface area contributed by atoms with Crippen LogP contribution in [0.2, 0.25) is 0 Å². The summed E-state index contributed by atoms with van der Waals surface area (Å²) in [6.45, 7) is 5.43. The van der Waals surface area contributed by atoms with Crippen molar-refractivity contribution in [3.8, 4) is 0 Å². The molecule has 0 aromatic heterocycles. The summed E-state index contributed by atoms with van der Waals surface area (Å²) in [6, 6.07) is 0.0113. The summed E-state index contributed by atoms with van der Waals surface area (Å²) in [5, 5.41) is 9.50. The molecule has 0 spiro atoms. The highest BCUT2D eigenvalue weighted by Crippen LogP contribution is 2.46. The third kappa shape index (κ3) is 3.07. The van der Waals surface area contributed by atoms with Gasteiger partial charge in [0, 0.05) is 6.04 Å². The zero-order valence-corrected chi connectivity index (χ0v) is 12.6. The third-order valence-corrected chi connectivity index (χ3v) is 4.11. The van der Waals surface area contributed by atoms with Gasteiger partial charge in [0.1, 0.15) is 11.1 Å². The number of amides is 1. The van der Waals surface area contributed by atoms with Gasteiger partial charge in [0.2, 0.25) is 0 Å². The van der Waals surface area contributed by atoms with E-state index in [0.29, 0.717) is 12.8 Å². The van der Waals surface area contributed by atoms with Crippen LogP contribution in [0.5, 0.6) is 0 Å². The number of carbonyl (C=O) groups excluding carboxylic acids is 1. The first kappa shape index (κ1) is 15.1. The highest BCUT2D eigenvalue weighted by molar-refractivity contribution is 5.87. The Morgan fingerprint density at radius 1 is 1.15 bits per heavy atom. The third-order valence-electron chi connectivity index (χ3n) is 4.11. The molecule has 0 aliphatic heterocycles. The summed E-state index contributed by atoms with van der Waals surface area (Å²) in [7, 11) is 0. The molecule has 0 unspecified atom stereocenters. The zero-order chi connectivity index (χ0) is 15.0. The molecule has 2 aliphatic rings. The predicted molar refractivity (Wildman–Crippen MR) is 74.5 cm³/mol. The van der Waals surface area contributed by atoms with Gasteiger partial charge >= 0.3 is 12.1 Å². The van der Waals surface area contributed by atoms with E-state index in [2.05, 4.69) is 0 Å². The number of aliphatic carboxylic acids is 1. The average molecular weight is 283 g/mol. The number of nitrogens with zero attached hydrogens (tertiary/aromatic N) is 1. The molecule has 5 nitrogen and oxygen atoms in total. The van der Waals surface area contributed by atoms with Crippen molar-refractivity contribution in [2.45, 2.75) is 82.9 Å². The lowest BCUT2D eigenvalue weighted by atomic mass is 9.93. The van der Waals surface area contributed by atoms with Crippen LogP contribution in [0, 0.1) is 0 Å². The largest absolute Gasteiger partial charge is 0.479 e. The first-order chi connectivity index (χ1) is 9.26. The standard InChI is InChI=1S/C15H25NO4/c1-14(2,3)20-13(19)16(11-7-5-4-6-8-11)15(9-10-15)12(17)18/h11H,4-10H2,1-3H3,(H,17,18). The minimum atomic E-state index is -1.01. The molecule has 2 fully saturated rings. The summed E-state index contributed by atoms with van der Waals surface area (Å²) >= 11 is 0. The van der Waals surface area contributed by atoms with E-state index in [0.717, 1.165) is 25.7 Å². The van der Waals surface area contributed by atoms with Gasteiger partial charge < -0.3 is 9.84 Å². The van der Waals surface area contributed by atoms with Gasteiger partial charge in [-0.25, -0.2) is 9.59 Å². The molecule has 0 aromatic carbocycles. The van der Waals surface area contributed by atoms with Gasteiger partial charge in [-0.1, -0.05) is 19.3 Å². The SMILES string of the molecule is CC(C)(C)OC(=O)N(C1CCCCC1)C1(C(=O)O)CC1. The Kier molecular flexibility index (Phi) is 3.98. The van der Waals surface area contributed by atoms with Crippen molar-refractivity contribution in [2.75, 3.05) is 0 Å². The number of carboxylic acid groups (broad SMARTS) is 1. The Morgan fingerprint density at radius 3 is 2.10 bits per heavy atom. The number of hydrogen-bond acceptors (Lipinski definition) is 3. The summed E-state index contributed by atoms with van der Waals surface area (Å²) in [4.78, 5) is 25.6. The molecule has 2 aliphatic carbocycles. The summed E-state index contributed by atoms with van der Waals surface area (Å²) in [5.41, 5.74) is -1.61. The fourth-order valence-electron chi connectivity index (χ4n) is 3.00. The van der Waals surface area contributed by atoms with Crippen LogP contribution in [0.25, 0.3) is 0 Å². The zero-order valence-electron chi connectivity index (χ0n) is 12.6. The molecule has 20 heavy (non-hydrogen) atoms. The van der Waals surface area contributed by atoms with Crippen molar-refractivity contribution in [1.82, 2.24) is 4.90 Å². The van der Waals surface area contributed by atoms with Crippen LogP contribution in [0.1, 0.15) is 65.7 Å². The van der Waals surface area contributed by atoms with Gasteiger partial charge in [0.15, 0.2) is 0 Å². The molecule has 114 valence electrons. The van der Waals surface area contributed by atoms with Crippen LogP contribution in [0.15, 0.2) is 0 Å². The molecular weight excluding hydrogens is 258 g/mol. The fourth-order valence-corrected chi connectivity index (χ4v) is 3.00. The molecule has 0 atom stereocenters. The maximum atomic E-state index is 12.5. The lowest BCUT2D eigenvalue weighted by Gasteiger charge is -2.39. The molecule has 2 rings (SSSR count). The topological polar surface area (TPSA) is 66.8 Å². The molecule has 0 aromatic rings. The summed E-state index contributed by atoms with van der Waals surface area (Å²) in [5.74, 6) is -0.895. The van der Waals surface area contributed by atoms with Crippen molar-refractivity contribution in [2.24, 2.45) is 0 Å². The molecule has 5 heteroatoms. The Bertz CT molecular complexity index is 389. The van der Waals surface area contributed by atoms with E-state index in [4.69, 9.17) is 4.74 Å². The molecule has 1 N–H and O–H groups in total. The minimum absolute atomic E-state index is 0.0113. The van der Waals surface area contributed by atoms with Gasteiger partial charge in [-0.2, -0.15) is 0 Å². The monoisotopic (exact) mass is 283 g/mol. The normalized spacial score (nSPS) is 22.1. The van der Waals surface area contributed by atoms with Gasteiger partial charge in [-0.05, 0) is 46.5 Å². The number of rotatable bonds is 3. The lowest BCUT2D eigenvalue weighted by Crippen LogP contribution is -2.54. The quantitative estimate of drug-likeness (QED) is 0.864. The summed E-state index contributed by atoms with van der Waals surface area (Å²) < 4.78 is 5.45. The Labute approximate surface area is 120 Å². The van der Waals surface area contributed by atoms with Crippen LogP contribution in [0.3, 0.4) is 0 Å². The lowest BCUT2D eigenvalue weighted by molar-refractivity contribution is -0.146. The van der Waals surface area contributed by atoms with E-state index in [1.54, 1.807) is 4.90 Å². The number of hydrogen-bond donors (Lipinski definition) is 1. The van der Waals surface area contributed by atoms with Crippen LogP contribution < -0.4 is 0 Å². The van der Waals surface area contributed by atoms with Crippen LogP contribution in [0.4, 0.5) is 4.79 Å². The predicted octanol–water partition coefficient (Wildman–Crippen LogP) is 3.17. The Hall–Kier alpha value is -1.26. The van der Waals surface area contributed by atoms with Gasteiger partial charge in [0.25, 0.3) is 0 Å². The van der Waals surface area contributed by atoms with E-state index in [-0.39, 0.29) is 6.04 Å². The highest BCUT2D eigenvalue weighted by Gasteiger charge is 2.59. The second kappa shape index (κ2) is 5.26. The Morgan fingerprint density at radius 2 is 1.70 bits per heavy atom. The van der Waals surface area contributed by atoms with Crippen LogP contribution in [-0.2, 0) is 9.53 Å². The van der Waals surface area contributed by atoms with Gasteiger partial charge in [-0.3, -0.25) is 4.90 Å². The smallest absolute Gasteiger partial charge is 0.411 e. The molecule has 1 amide bonds. The minimum Gasteiger partial charge on any atom is -0.479 e. The van der Waals surface area contributed by atoms with Crippen molar-refractivity contribution in [1.29, 1.82) is 0 Å². The van der Waals surface area contributed by atoms with Gasteiger partial charge in [-0.15, -0.1) is 0 Å². The molecule has 2 saturated carbocycles. The van der Waals surface area contributed by atoms with Crippen LogP contribution >= 0.6 is 0 Å².